The molecule has 0 fully saturated rings. The van der Waals surface area contributed by atoms with E-state index < -0.39 is 16.6 Å². The van der Waals surface area contributed by atoms with E-state index in [0.717, 1.165) is 6.42 Å². The molecule has 0 aliphatic carbocycles. The highest BCUT2D eigenvalue weighted by Crippen LogP contribution is 2.41. The van der Waals surface area contributed by atoms with Gasteiger partial charge in [0.1, 0.15) is 0 Å². The van der Waals surface area contributed by atoms with Gasteiger partial charge in [0.05, 0.1) is 12.2 Å². The summed E-state index contributed by atoms with van der Waals surface area (Å²) in [5.41, 5.74) is 0. The molecular weight excluding hydrogens is 352 g/mol. The lowest BCUT2D eigenvalue weighted by Gasteiger charge is -2.45. The Kier molecular flexibility index (Phi) is 9.11. The van der Waals surface area contributed by atoms with Crippen molar-refractivity contribution in [1.29, 1.82) is 0 Å². The van der Waals surface area contributed by atoms with Gasteiger partial charge in [-0.3, -0.25) is 0 Å². The maximum absolute atomic E-state index is 6.76. The van der Waals surface area contributed by atoms with Crippen LogP contribution in [0.4, 0.5) is 0 Å². The van der Waals surface area contributed by atoms with Crippen LogP contribution in [0, 0.1) is 18.3 Å². The molecule has 0 spiro atoms. The monoisotopic (exact) mass is 396 g/mol. The molecule has 0 aromatic rings. The van der Waals surface area contributed by atoms with Crippen LogP contribution >= 0.6 is 0 Å². The van der Waals surface area contributed by atoms with E-state index in [-0.39, 0.29) is 28.2 Å². The van der Waals surface area contributed by atoms with Gasteiger partial charge in [-0.2, -0.15) is 0 Å². The smallest absolute Gasteiger partial charge is 0.192 e. The van der Waals surface area contributed by atoms with E-state index >= 15 is 0 Å². The summed E-state index contributed by atoms with van der Waals surface area (Å²) in [6.07, 6.45) is 9.26. The molecule has 0 aromatic heterocycles. The topological polar surface area (TPSA) is 18.5 Å². The minimum absolute atomic E-state index is 0.0126. The summed E-state index contributed by atoms with van der Waals surface area (Å²) in [6, 6.07) is 0. The molecule has 0 heterocycles. The Morgan fingerprint density at radius 3 is 1.69 bits per heavy atom. The normalized spacial score (nSPS) is 17.3. The predicted molar refractivity (Wildman–Crippen MR) is 122 cm³/mol. The standard InChI is InChI=1S/C22H44O2Si2/c1-14-17-20(24-26(12,13)22(7,8)9)18(15-2)19(16-3)23-25(10,11)21(4,5)6/h1,16,18-20H,3,15,17H2,2,4-13H3. The molecule has 0 aliphatic heterocycles. The predicted octanol–water partition coefficient (Wildman–Crippen LogP) is 7.00. The molecule has 0 radical (unpaired) electrons. The summed E-state index contributed by atoms with van der Waals surface area (Å²) in [7, 11) is -3.81. The molecule has 0 aromatic carbocycles. The van der Waals surface area contributed by atoms with Crippen molar-refractivity contribution in [2.45, 2.75) is 110 Å². The summed E-state index contributed by atoms with van der Waals surface area (Å²) in [5.74, 6) is 3.08. The molecule has 3 atom stereocenters. The first-order chi connectivity index (χ1) is 11.5. The van der Waals surface area contributed by atoms with Crippen molar-refractivity contribution in [2.24, 2.45) is 5.92 Å². The molecule has 3 unspecified atom stereocenters. The van der Waals surface area contributed by atoms with E-state index in [1.807, 2.05) is 6.08 Å². The highest BCUT2D eigenvalue weighted by molar-refractivity contribution is 6.74. The highest BCUT2D eigenvalue weighted by Gasteiger charge is 2.44. The van der Waals surface area contributed by atoms with Gasteiger partial charge in [0.15, 0.2) is 16.6 Å². The van der Waals surface area contributed by atoms with Gasteiger partial charge in [0.2, 0.25) is 0 Å². The van der Waals surface area contributed by atoms with E-state index in [2.05, 4.69) is 87.2 Å². The summed E-state index contributed by atoms with van der Waals surface area (Å²) in [4.78, 5) is 0. The van der Waals surface area contributed by atoms with Crippen LogP contribution in [0.15, 0.2) is 12.7 Å². The number of hydrogen-bond donors (Lipinski definition) is 0. The first kappa shape index (κ1) is 25.7. The van der Waals surface area contributed by atoms with Crippen molar-refractivity contribution in [1.82, 2.24) is 0 Å². The molecule has 4 heteroatoms. The number of rotatable bonds is 9. The molecule has 0 aliphatic rings. The summed E-state index contributed by atoms with van der Waals surface area (Å²) < 4.78 is 13.5. The molecule has 0 saturated heterocycles. The van der Waals surface area contributed by atoms with Crippen molar-refractivity contribution in [3.05, 3.63) is 12.7 Å². The van der Waals surface area contributed by atoms with Crippen LogP contribution in [0.1, 0.15) is 61.3 Å². The third kappa shape index (κ3) is 6.67. The second-order valence-electron chi connectivity index (χ2n) is 10.5. The Bertz CT molecular complexity index is 490. The summed E-state index contributed by atoms with van der Waals surface area (Å²) in [6.45, 7) is 29.1. The highest BCUT2D eigenvalue weighted by atomic mass is 28.4. The van der Waals surface area contributed by atoms with Crippen molar-refractivity contribution in [3.8, 4) is 12.3 Å². The zero-order chi connectivity index (χ0) is 21.0. The Morgan fingerprint density at radius 2 is 1.38 bits per heavy atom. The average molecular weight is 397 g/mol. The molecule has 152 valence electrons. The minimum Gasteiger partial charge on any atom is -0.413 e. The van der Waals surface area contributed by atoms with Gasteiger partial charge in [-0.25, -0.2) is 0 Å². The first-order valence-corrected chi connectivity index (χ1v) is 15.8. The van der Waals surface area contributed by atoms with Crippen molar-refractivity contribution in [3.63, 3.8) is 0 Å². The van der Waals surface area contributed by atoms with Gasteiger partial charge in [0, 0.05) is 12.3 Å². The molecule has 26 heavy (non-hydrogen) atoms. The molecule has 0 saturated carbocycles. The van der Waals surface area contributed by atoms with Crippen LogP contribution in [-0.4, -0.2) is 28.8 Å². The fourth-order valence-corrected chi connectivity index (χ4v) is 5.16. The van der Waals surface area contributed by atoms with Crippen molar-refractivity contribution >= 4 is 16.6 Å². The molecule has 0 rings (SSSR count). The van der Waals surface area contributed by atoms with Gasteiger partial charge in [-0.05, 0) is 42.7 Å². The summed E-state index contributed by atoms with van der Waals surface area (Å²) in [5, 5.41) is 0.316. The van der Waals surface area contributed by atoms with Crippen LogP contribution in [0.5, 0.6) is 0 Å². The minimum atomic E-state index is -1.91. The molecule has 0 amide bonds. The van der Waals surface area contributed by atoms with E-state index in [9.17, 15) is 0 Å². The van der Waals surface area contributed by atoms with E-state index in [1.54, 1.807) is 0 Å². The average Bonchev–Trinajstić information content (AvgIpc) is 2.44. The van der Waals surface area contributed by atoms with Crippen LogP contribution in [-0.2, 0) is 8.85 Å². The van der Waals surface area contributed by atoms with Crippen LogP contribution in [0.3, 0.4) is 0 Å². The molecule has 0 bridgehead atoms. The SMILES string of the molecule is C#CCC(O[Si](C)(C)C(C)(C)C)C(CC)C(C=C)O[Si](C)(C)C(C)(C)C. The molecule has 0 N–H and O–H groups in total. The van der Waals surface area contributed by atoms with Crippen molar-refractivity contribution < 1.29 is 8.85 Å². The van der Waals surface area contributed by atoms with Gasteiger partial charge in [-0.15, -0.1) is 18.9 Å². The number of hydrogen-bond acceptors (Lipinski definition) is 2. The van der Waals surface area contributed by atoms with Crippen LogP contribution < -0.4 is 0 Å². The fraction of sp³-hybridized carbons (Fsp3) is 0.818. The zero-order valence-corrected chi connectivity index (χ0v) is 21.3. The van der Waals surface area contributed by atoms with E-state index in [4.69, 9.17) is 15.3 Å². The third-order valence-electron chi connectivity index (χ3n) is 6.41. The van der Waals surface area contributed by atoms with E-state index in [0.29, 0.717) is 6.42 Å². The fourth-order valence-electron chi connectivity index (χ4n) is 2.49. The van der Waals surface area contributed by atoms with Gasteiger partial charge in [-0.1, -0.05) is 54.5 Å². The van der Waals surface area contributed by atoms with Gasteiger partial charge < -0.3 is 8.85 Å². The molecular formula is C22H44O2Si2. The van der Waals surface area contributed by atoms with Crippen LogP contribution in [0.2, 0.25) is 36.3 Å². The van der Waals surface area contributed by atoms with Crippen molar-refractivity contribution in [2.75, 3.05) is 0 Å². The largest absolute Gasteiger partial charge is 0.413 e. The quantitative estimate of drug-likeness (QED) is 0.237. The Morgan fingerprint density at radius 1 is 0.962 bits per heavy atom. The summed E-state index contributed by atoms with van der Waals surface area (Å²) >= 11 is 0. The molecule has 2 nitrogen and oxygen atoms in total. The van der Waals surface area contributed by atoms with E-state index in [1.165, 1.54) is 0 Å². The van der Waals surface area contributed by atoms with Gasteiger partial charge in [0.25, 0.3) is 0 Å². The second kappa shape index (κ2) is 9.23. The maximum atomic E-state index is 6.76. The lowest BCUT2D eigenvalue weighted by molar-refractivity contribution is 0.0483. The Labute approximate surface area is 166 Å². The Hall–Kier alpha value is -0.346. The Balaban J connectivity index is 5.68. The maximum Gasteiger partial charge on any atom is 0.192 e. The van der Waals surface area contributed by atoms with Gasteiger partial charge >= 0.3 is 0 Å². The lowest BCUT2D eigenvalue weighted by atomic mass is 9.91. The lowest BCUT2D eigenvalue weighted by Crippen LogP contribution is -2.50. The zero-order valence-electron chi connectivity index (χ0n) is 19.3. The number of terminal acetylenes is 1. The third-order valence-corrected chi connectivity index (χ3v) is 15.4. The van der Waals surface area contributed by atoms with Crippen LogP contribution in [0.25, 0.3) is 0 Å². The second-order valence-corrected chi connectivity index (χ2v) is 20.0. The first-order valence-electron chi connectivity index (χ1n) is 9.95.